The summed E-state index contributed by atoms with van der Waals surface area (Å²) in [5.41, 5.74) is 1.60. The monoisotopic (exact) mass is 371 g/mol. The minimum atomic E-state index is -0.0714. The number of hydrogen-bond donors (Lipinski definition) is 0. The summed E-state index contributed by atoms with van der Waals surface area (Å²) in [5, 5.41) is 0. The molecule has 2 aromatic rings. The molecule has 0 N–H and O–H groups in total. The van der Waals surface area contributed by atoms with Gasteiger partial charge >= 0.3 is 0 Å². The van der Waals surface area contributed by atoms with Gasteiger partial charge in [0.2, 0.25) is 0 Å². The van der Waals surface area contributed by atoms with Crippen molar-refractivity contribution < 1.29 is 19.0 Å². The van der Waals surface area contributed by atoms with Crippen molar-refractivity contribution in [2.75, 3.05) is 27.9 Å². The molecule has 0 heterocycles. The number of amides is 1. The second kappa shape index (κ2) is 9.86. The van der Waals surface area contributed by atoms with Crippen LogP contribution in [0.25, 0.3) is 0 Å². The van der Waals surface area contributed by atoms with Crippen molar-refractivity contribution in [3.63, 3.8) is 0 Å². The van der Waals surface area contributed by atoms with Crippen LogP contribution in [-0.2, 0) is 6.54 Å². The zero-order valence-corrected chi connectivity index (χ0v) is 16.8. The minimum Gasteiger partial charge on any atom is -0.497 e. The molecule has 1 amide bonds. The molecule has 0 bridgehead atoms. The van der Waals surface area contributed by atoms with Gasteiger partial charge in [0, 0.05) is 19.2 Å². The molecule has 0 unspecified atom stereocenters. The van der Waals surface area contributed by atoms with Crippen molar-refractivity contribution in [3.8, 4) is 17.2 Å². The maximum Gasteiger partial charge on any atom is 0.254 e. The van der Waals surface area contributed by atoms with E-state index in [1.54, 1.807) is 44.4 Å². The zero-order valence-electron chi connectivity index (χ0n) is 16.8. The standard InChI is InChI=1S/C22H29NO4/c1-16(2)12-13-27-20-11-8-18(14-21(20)26-5)22(24)23(3)15-17-6-9-19(25-4)10-7-17/h6-11,14,16H,12-13,15H2,1-5H3. The van der Waals surface area contributed by atoms with Gasteiger partial charge in [0.05, 0.1) is 20.8 Å². The summed E-state index contributed by atoms with van der Waals surface area (Å²) in [6, 6.07) is 13.0. The van der Waals surface area contributed by atoms with E-state index in [1.165, 1.54) is 0 Å². The molecule has 0 saturated carbocycles. The SMILES string of the molecule is COc1ccc(CN(C)C(=O)c2ccc(OCCC(C)C)c(OC)c2)cc1. The average molecular weight is 371 g/mol. The van der Waals surface area contributed by atoms with Gasteiger partial charge in [-0.2, -0.15) is 0 Å². The van der Waals surface area contributed by atoms with E-state index in [-0.39, 0.29) is 5.91 Å². The van der Waals surface area contributed by atoms with Crippen molar-refractivity contribution in [2.45, 2.75) is 26.8 Å². The number of methoxy groups -OCH3 is 2. The predicted molar refractivity (Wildman–Crippen MR) is 107 cm³/mol. The van der Waals surface area contributed by atoms with Gasteiger partial charge in [-0.05, 0) is 48.2 Å². The maximum absolute atomic E-state index is 12.8. The number of rotatable bonds is 9. The molecule has 27 heavy (non-hydrogen) atoms. The highest BCUT2D eigenvalue weighted by molar-refractivity contribution is 5.94. The topological polar surface area (TPSA) is 48.0 Å². The summed E-state index contributed by atoms with van der Waals surface area (Å²) in [6.07, 6.45) is 0.967. The number of carbonyl (C=O) groups is 1. The van der Waals surface area contributed by atoms with Crippen LogP contribution in [0.4, 0.5) is 0 Å². The number of nitrogens with zero attached hydrogens (tertiary/aromatic N) is 1. The first-order chi connectivity index (χ1) is 12.9. The van der Waals surface area contributed by atoms with Crippen molar-refractivity contribution in [3.05, 3.63) is 53.6 Å². The van der Waals surface area contributed by atoms with Crippen LogP contribution >= 0.6 is 0 Å². The summed E-state index contributed by atoms with van der Waals surface area (Å²) in [5.74, 6) is 2.53. The Labute approximate surface area is 161 Å². The fourth-order valence-corrected chi connectivity index (χ4v) is 2.62. The Kier molecular flexibility index (Phi) is 7.53. The maximum atomic E-state index is 12.8. The lowest BCUT2D eigenvalue weighted by atomic mass is 10.1. The van der Waals surface area contributed by atoms with Gasteiger partial charge in [-0.3, -0.25) is 4.79 Å². The molecule has 2 rings (SSSR count). The molecular formula is C22H29NO4. The minimum absolute atomic E-state index is 0.0714. The van der Waals surface area contributed by atoms with Crippen LogP contribution in [0, 0.1) is 5.92 Å². The Bertz CT molecular complexity index is 740. The smallest absolute Gasteiger partial charge is 0.254 e. The first-order valence-corrected chi connectivity index (χ1v) is 9.13. The lowest BCUT2D eigenvalue weighted by Crippen LogP contribution is -2.26. The molecule has 0 aliphatic rings. The van der Waals surface area contributed by atoms with Gasteiger partial charge in [0.25, 0.3) is 5.91 Å². The molecule has 0 aromatic heterocycles. The largest absolute Gasteiger partial charge is 0.497 e. The third kappa shape index (κ3) is 5.91. The van der Waals surface area contributed by atoms with Gasteiger partial charge in [0.15, 0.2) is 11.5 Å². The Balaban J connectivity index is 2.05. The van der Waals surface area contributed by atoms with Crippen LogP contribution in [0.15, 0.2) is 42.5 Å². The van der Waals surface area contributed by atoms with Gasteiger partial charge in [-0.25, -0.2) is 0 Å². The second-order valence-electron chi connectivity index (χ2n) is 6.91. The second-order valence-corrected chi connectivity index (χ2v) is 6.91. The molecule has 5 nitrogen and oxygen atoms in total. The molecule has 0 fully saturated rings. The Morgan fingerprint density at radius 1 is 1.00 bits per heavy atom. The first-order valence-electron chi connectivity index (χ1n) is 9.13. The highest BCUT2D eigenvalue weighted by atomic mass is 16.5. The predicted octanol–water partition coefficient (Wildman–Crippen LogP) is 4.40. The van der Waals surface area contributed by atoms with Crippen molar-refractivity contribution in [2.24, 2.45) is 5.92 Å². The van der Waals surface area contributed by atoms with E-state index in [4.69, 9.17) is 14.2 Å². The lowest BCUT2D eigenvalue weighted by Gasteiger charge is -2.19. The van der Waals surface area contributed by atoms with Crippen molar-refractivity contribution in [1.82, 2.24) is 4.90 Å². The summed E-state index contributed by atoms with van der Waals surface area (Å²) in [7, 11) is 5.00. The lowest BCUT2D eigenvalue weighted by molar-refractivity contribution is 0.0784. The summed E-state index contributed by atoms with van der Waals surface area (Å²) >= 11 is 0. The van der Waals surface area contributed by atoms with Crippen LogP contribution in [0.5, 0.6) is 17.2 Å². The van der Waals surface area contributed by atoms with Gasteiger partial charge < -0.3 is 19.1 Å². The van der Waals surface area contributed by atoms with E-state index in [2.05, 4.69) is 13.8 Å². The van der Waals surface area contributed by atoms with Crippen LogP contribution in [0.3, 0.4) is 0 Å². The molecule has 0 spiro atoms. The fourth-order valence-electron chi connectivity index (χ4n) is 2.62. The molecule has 0 aliphatic heterocycles. The van der Waals surface area contributed by atoms with E-state index in [0.717, 1.165) is 17.7 Å². The number of hydrogen-bond acceptors (Lipinski definition) is 4. The van der Waals surface area contributed by atoms with Crippen LogP contribution in [-0.4, -0.2) is 38.7 Å². The zero-order chi connectivity index (χ0) is 19.8. The fraction of sp³-hybridized carbons (Fsp3) is 0.409. The van der Waals surface area contributed by atoms with Crippen molar-refractivity contribution in [1.29, 1.82) is 0 Å². The molecule has 2 aromatic carbocycles. The summed E-state index contributed by atoms with van der Waals surface area (Å²) in [6.45, 7) is 5.44. The number of carbonyl (C=O) groups excluding carboxylic acids is 1. The molecule has 0 saturated heterocycles. The summed E-state index contributed by atoms with van der Waals surface area (Å²) in [4.78, 5) is 14.4. The number of ether oxygens (including phenoxy) is 3. The van der Waals surface area contributed by atoms with Gasteiger partial charge in [0.1, 0.15) is 5.75 Å². The summed E-state index contributed by atoms with van der Waals surface area (Å²) < 4.78 is 16.4. The van der Waals surface area contributed by atoms with Gasteiger partial charge in [-0.1, -0.05) is 26.0 Å². The highest BCUT2D eigenvalue weighted by Crippen LogP contribution is 2.29. The van der Waals surface area contributed by atoms with E-state index in [9.17, 15) is 4.79 Å². The molecule has 0 aliphatic carbocycles. The normalized spacial score (nSPS) is 10.6. The molecule has 146 valence electrons. The molecule has 0 radical (unpaired) electrons. The van der Waals surface area contributed by atoms with E-state index in [0.29, 0.717) is 36.1 Å². The molecule has 0 atom stereocenters. The Morgan fingerprint density at radius 3 is 2.30 bits per heavy atom. The van der Waals surface area contributed by atoms with Gasteiger partial charge in [-0.15, -0.1) is 0 Å². The van der Waals surface area contributed by atoms with E-state index >= 15 is 0 Å². The Morgan fingerprint density at radius 2 is 1.70 bits per heavy atom. The highest BCUT2D eigenvalue weighted by Gasteiger charge is 2.15. The quantitative estimate of drug-likeness (QED) is 0.655. The van der Waals surface area contributed by atoms with Crippen LogP contribution < -0.4 is 14.2 Å². The molecule has 5 heteroatoms. The molecular weight excluding hydrogens is 342 g/mol. The average Bonchev–Trinajstić information content (AvgIpc) is 2.67. The third-order valence-electron chi connectivity index (χ3n) is 4.29. The first kappa shape index (κ1) is 20.6. The third-order valence-corrected chi connectivity index (χ3v) is 4.29. The van der Waals surface area contributed by atoms with Crippen molar-refractivity contribution >= 4 is 5.91 Å². The van der Waals surface area contributed by atoms with Crippen LogP contribution in [0.2, 0.25) is 0 Å². The number of benzene rings is 2. The van der Waals surface area contributed by atoms with E-state index in [1.807, 2.05) is 24.3 Å². The Hall–Kier alpha value is -2.69. The van der Waals surface area contributed by atoms with Crippen LogP contribution in [0.1, 0.15) is 36.2 Å². The van der Waals surface area contributed by atoms with E-state index < -0.39 is 0 Å².